The summed E-state index contributed by atoms with van der Waals surface area (Å²) in [6.45, 7) is 2.32. The van der Waals surface area contributed by atoms with Gasteiger partial charge < -0.3 is 20.1 Å². The third-order valence-electron chi connectivity index (χ3n) is 3.51. The SMILES string of the molecule is COCCNS(=O)(=O)c1cccc(CNC(=O)C2COCCN2)c1.Cl. The second kappa shape index (κ2) is 10.7. The van der Waals surface area contributed by atoms with Gasteiger partial charge in [-0.2, -0.15) is 0 Å². The first-order valence-corrected chi connectivity index (χ1v) is 9.17. The third-order valence-corrected chi connectivity index (χ3v) is 4.97. The minimum atomic E-state index is -3.59. The fourth-order valence-electron chi connectivity index (χ4n) is 2.23. The van der Waals surface area contributed by atoms with Crippen molar-refractivity contribution >= 4 is 28.3 Å². The molecule has 1 unspecified atom stereocenters. The molecule has 1 aromatic carbocycles. The van der Waals surface area contributed by atoms with Gasteiger partial charge in [0.05, 0.1) is 24.7 Å². The van der Waals surface area contributed by atoms with Crippen LogP contribution in [0.3, 0.4) is 0 Å². The molecule has 1 amide bonds. The summed E-state index contributed by atoms with van der Waals surface area (Å²) in [5.74, 6) is -0.166. The predicted octanol–water partition coefficient (Wildman–Crippen LogP) is -0.362. The second-order valence-electron chi connectivity index (χ2n) is 5.34. The van der Waals surface area contributed by atoms with Gasteiger partial charge >= 0.3 is 0 Å². The largest absolute Gasteiger partial charge is 0.383 e. The first-order chi connectivity index (χ1) is 11.5. The normalized spacial score (nSPS) is 17.6. The topological polar surface area (TPSA) is 106 Å². The van der Waals surface area contributed by atoms with Crippen LogP contribution < -0.4 is 15.4 Å². The third kappa shape index (κ3) is 6.89. The number of benzene rings is 1. The summed E-state index contributed by atoms with van der Waals surface area (Å²) < 4.78 is 36.9. The lowest BCUT2D eigenvalue weighted by Gasteiger charge is -2.22. The van der Waals surface area contributed by atoms with Crippen molar-refractivity contribution in [3.8, 4) is 0 Å². The minimum absolute atomic E-state index is 0. The molecule has 1 heterocycles. The number of ether oxygens (including phenoxy) is 2. The van der Waals surface area contributed by atoms with E-state index in [-0.39, 0.29) is 42.3 Å². The highest BCUT2D eigenvalue weighted by Crippen LogP contribution is 2.11. The van der Waals surface area contributed by atoms with Crippen LogP contribution in [0.5, 0.6) is 0 Å². The van der Waals surface area contributed by atoms with E-state index < -0.39 is 10.0 Å². The minimum Gasteiger partial charge on any atom is -0.383 e. The number of halogens is 1. The molecule has 3 N–H and O–H groups in total. The summed E-state index contributed by atoms with van der Waals surface area (Å²) >= 11 is 0. The molecule has 8 nitrogen and oxygen atoms in total. The Kier molecular flexibility index (Phi) is 9.33. The number of nitrogens with one attached hydrogen (secondary N) is 3. The number of rotatable bonds is 8. The number of amides is 1. The quantitative estimate of drug-likeness (QED) is 0.521. The van der Waals surface area contributed by atoms with Crippen molar-refractivity contribution in [3.63, 3.8) is 0 Å². The smallest absolute Gasteiger partial charge is 0.240 e. The highest BCUT2D eigenvalue weighted by atomic mass is 35.5. The van der Waals surface area contributed by atoms with Crippen molar-refractivity contribution in [3.05, 3.63) is 29.8 Å². The highest BCUT2D eigenvalue weighted by Gasteiger charge is 2.21. The predicted molar refractivity (Wildman–Crippen MR) is 95.2 cm³/mol. The molecule has 0 saturated carbocycles. The zero-order chi connectivity index (χ0) is 17.4. The van der Waals surface area contributed by atoms with Crippen LogP contribution in [-0.2, 0) is 30.8 Å². The Morgan fingerprint density at radius 3 is 2.92 bits per heavy atom. The Bertz CT molecular complexity index is 650. The van der Waals surface area contributed by atoms with Gasteiger partial charge in [-0.25, -0.2) is 13.1 Å². The van der Waals surface area contributed by atoms with E-state index in [0.29, 0.717) is 31.9 Å². The summed E-state index contributed by atoms with van der Waals surface area (Å²) in [5.41, 5.74) is 0.703. The summed E-state index contributed by atoms with van der Waals surface area (Å²) in [6.07, 6.45) is 0. The van der Waals surface area contributed by atoms with Gasteiger partial charge in [-0.1, -0.05) is 12.1 Å². The molecular weight excluding hydrogens is 370 g/mol. The van der Waals surface area contributed by atoms with Gasteiger partial charge in [-0.15, -0.1) is 12.4 Å². The average Bonchev–Trinajstić information content (AvgIpc) is 2.61. The zero-order valence-electron chi connectivity index (χ0n) is 14.0. The molecule has 0 spiro atoms. The number of carbonyl (C=O) groups is 1. The van der Waals surface area contributed by atoms with Gasteiger partial charge in [0.25, 0.3) is 0 Å². The molecule has 2 rings (SSSR count). The molecular formula is C15H24ClN3O5S. The van der Waals surface area contributed by atoms with E-state index in [0.717, 1.165) is 0 Å². The molecule has 142 valence electrons. The monoisotopic (exact) mass is 393 g/mol. The Balaban J connectivity index is 0.00000312. The molecule has 0 aromatic heterocycles. The molecule has 1 aliphatic rings. The van der Waals surface area contributed by atoms with Crippen molar-refractivity contribution in [2.45, 2.75) is 17.5 Å². The Labute approximate surface area is 154 Å². The van der Waals surface area contributed by atoms with E-state index in [1.807, 2.05) is 0 Å². The van der Waals surface area contributed by atoms with Gasteiger partial charge in [-0.05, 0) is 17.7 Å². The van der Waals surface area contributed by atoms with Crippen molar-refractivity contribution in [1.82, 2.24) is 15.4 Å². The lowest BCUT2D eigenvalue weighted by Crippen LogP contribution is -2.51. The van der Waals surface area contributed by atoms with Gasteiger partial charge in [0, 0.05) is 26.7 Å². The molecule has 10 heteroatoms. The summed E-state index contributed by atoms with van der Waals surface area (Å²) in [6, 6.07) is 6.09. The number of hydrogen-bond acceptors (Lipinski definition) is 6. The second-order valence-corrected chi connectivity index (χ2v) is 7.10. The van der Waals surface area contributed by atoms with Gasteiger partial charge in [0.1, 0.15) is 6.04 Å². The number of sulfonamides is 1. The van der Waals surface area contributed by atoms with Crippen LogP contribution in [0.1, 0.15) is 5.56 Å². The maximum Gasteiger partial charge on any atom is 0.240 e. The van der Waals surface area contributed by atoms with E-state index in [2.05, 4.69) is 15.4 Å². The number of carbonyl (C=O) groups excluding carboxylic acids is 1. The van der Waals surface area contributed by atoms with E-state index >= 15 is 0 Å². The molecule has 0 aliphatic carbocycles. The number of hydrogen-bond donors (Lipinski definition) is 3. The van der Waals surface area contributed by atoms with Crippen LogP contribution >= 0.6 is 12.4 Å². The Morgan fingerprint density at radius 1 is 1.44 bits per heavy atom. The molecule has 0 bridgehead atoms. The van der Waals surface area contributed by atoms with Crippen molar-refractivity contribution in [2.75, 3.05) is 40.0 Å². The number of methoxy groups -OCH3 is 1. The fraction of sp³-hybridized carbons (Fsp3) is 0.533. The Hall–Kier alpha value is -1.23. The molecule has 1 aliphatic heterocycles. The van der Waals surface area contributed by atoms with Crippen molar-refractivity contribution < 1.29 is 22.7 Å². The summed E-state index contributed by atoms with van der Waals surface area (Å²) in [4.78, 5) is 12.2. The maximum atomic E-state index is 12.2. The van der Waals surface area contributed by atoms with Gasteiger partial charge in [0.15, 0.2) is 0 Å². The standard InChI is InChI=1S/C15H23N3O5S.ClH/c1-22-7-6-18-24(20,21)13-4-2-3-12(9-13)10-17-15(19)14-11-23-8-5-16-14;/h2-4,9,14,16,18H,5-8,10-11H2,1H3,(H,17,19);1H. The molecule has 1 fully saturated rings. The van der Waals surface area contributed by atoms with Gasteiger partial charge in [0.2, 0.25) is 15.9 Å². The lowest BCUT2D eigenvalue weighted by atomic mass is 10.2. The van der Waals surface area contributed by atoms with Crippen molar-refractivity contribution in [2.24, 2.45) is 0 Å². The van der Waals surface area contributed by atoms with Crippen LogP contribution in [0.15, 0.2) is 29.2 Å². The Morgan fingerprint density at radius 2 is 2.24 bits per heavy atom. The van der Waals surface area contributed by atoms with Crippen molar-refractivity contribution in [1.29, 1.82) is 0 Å². The molecule has 1 atom stereocenters. The van der Waals surface area contributed by atoms with E-state index in [1.165, 1.54) is 13.2 Å². The zero-order valence-corrected chi connectivity index (χ0v) is 15.6. The molecule has 25 heavy (non-hydrogen) atoms. The first-order valence-electron chi connectivity index (χ1n) is 7.69. The van der Waals surface area contributed by atoms with Crippen LogP contribution in [0.4, 0.5) is 0 Å². The van der Waals surface area contributed by atoms with Crippen LogP contribution in [-0.4, -0.2) is 60.4 Å². The van der Waals surface area contributed by atoms with E-state index in [9.17, 15) is 13.2 Å². The molecule has 0 radical (unpaired) electrons. The highest BCUT2D eigenvalue weighted by molar-refractivity contribution is 7.89. The van der Waals surface area contributed by atoms with Crippen LogP contribution in [0.25, 0.3) is 0 Å². The lowest BCUT2D eigenvalue weighted by molar-refractivity contribution is -0.126. The van der Waals surface area contributed by atoms with Gasteiger partial charge in [-0.3, -0.25) is 4.79 Å². The molecule has 1 saturated heterocycles. The maximum absolute atomic E-state index is 12.2. The van der Waals surface area contributed by atoms with Crippen LogP contribution in [0, 0.1) is 0 Å². The first kappa shape index (κ1) is 21.8. The summed E-state index contributed by atoms with van der Waals surface area (Å²) in [5, 5.41) is 5.85. The number of morpholine rings is 1. The van der Waals surface area contributed by atoms with E-state index in [1.54, 1.807) is 18.2 Å². The fourth-order valence-corrected chi connectivity index (χ4v) is 3.31. The average molecular weight is 394 g/mol. The molecule has 1 aromatic rings. The van der Waals surface area contributed by atoms with E-state index in [4.69, 9.17) is 9.47 Å². The summed E-state index contributed by atoms with van der Waals surface area (Å²) in [7, 11) is -2.09. The van der Waals surface area contributed by atoms with Crippen LogP contribution in [0.2, 0.25) is 0 Å².